The summed E-state index contributed by atoms with van der Waals surface area (Å²) in [6.45, 7) is 4.45. The van der Waals surface area contributed by atoms with Gasteiger partial charge >= 0.3 is 0 Å². The maximum absolute atomic E-state index is 4.45. The van der Waals surface area contributed by atoms with Crippen LogP contribution >= 0.6 is 15.9 Å². The molecule has 1 heterocycles. The fourth-order valence-corrected chi connectivity index (χ4v) is 1.87. The van der Waals surface area contributed by atoms with E-state index in [4.69, 9.17) is 0 Å². The van der Waals surface area contributed by atoms with E-state index >= 15 is 0 Å². The standard InChI is InChI=1S/C12H19BrN2/c1-4-5-10(2)15(3)12-7-6-11(8-13)9-14-12/h6-7,9-10H,4-5,8H2,1-3H3. The summed E-state index contributed by atoms with van der Waals surface area (Å²) in [5, 5.41) is 0.870. The van der Waals surface area contributed by atoms with Crippen LogP contribution in [0.2, 0.25) is 0 Å². The fraction of sp³-hybridized carbons (Fsp3) is 0.583. The molecule has 0 N–H and O–H groups in total. The molecule has 1 aromatic rings. The van der Waals surface area contributed by atoms with Crippen molar-refractivity contribution in [2.75, 3.05) is 11.9 Å². The van der Waals surface area contributed by atoms with Crippen LogP contribution in [0, 0.1) is 0 Å². The molecule has 1 unspecified atom stereocenters. The van der Waals surface area contributed by atoms with Crippen LogP contribution in [0.5, 0.6) is 0 Å². The number of nitrogens with zero attached hydrogens (tertiary/aromatic N) is 2. The number of aromatic nitrogens is 1. The first-order valence-electron chi connectivity index (χ1n) is 5.42. The van der Waals surface area contributed by atoms with Crippen LogP contribution in [-0.2, 0) is 5.33 Å². The largest absolute Gasteiger partial charge is 0.357 e. The molecule has 0 fully saturated rings. The molecular weight excluding hydrogens is 252 g/mol. The van der Waals surface area contributed by atoms with Crippen molar-refractivity contribution >= 4 is 21.7 Å². The third-order valence-electron chi connectivity index (χ3n) is 2.69. The second-order valence-corrected chi connectivity index (χ2v) is 4.47. The zero-order chi connectivity index (χ0) is 11.3. The topological polar surface area (TPSA) is 16.1 Å². The normalized spacial score (nSPS) is 12.5. The summed E-state index contributed by atoms with van der Waals surface area (Å²) in [5.41, 5.74) is 1.22. The molecule has 0 aromatic carbocycles. The predicted molar refractivity (Wildman–Crippen MR) is 69.6 cm³/mol. The first kappa shape index (κ1) is 12.5. The van der Waals surface area contributed by atoms with Gasteiger partial charge in [-0.1, -0.05) is 35.3 Å². The van der Waals surface area contributed by atoms with Gasteiger partial charge in [-0.25, -0.2) is 4.98 Å². The molecule has 0 spiro atoms. The van der Waals surface area contributed by atoms with Crippen molar-refractivity contribution in [1.29, 1.82) is 0 Å². The highest BCUT2D eigenvalue weighted by Crippen LogP contribution is 2.15. The molecule has 84 valence electrons. The van der Waals surface area contributed by atoms with E-state index in [0.29, 0.717) is 6.04 Å². The summed E-state index contributed by atoms with van der Waals surface area (Å²) in [4.78, 5) is 6.69. The van der Waals surface area contributed by atoms with Gasteiger partial charge < -0.3 is 4.90 Å². The Kier molecular flexibility index (Phi) is 5.09. The maximum atomic E-state index is 4.45. The highest BCUT2D eigenvalue weighted by molar-refractivity contribution is 9.08. The van der Waals surface area contributed by atoms with E-state index in [-0.39, 0.29) is 0 Å². The van der Waals surface area contributed by atoms with Gasteiger partial charge in [0.2, 0.25) is 0 Å². The number of rotatable bonds is 5. The summed E-state index contributed by atoms with van der Waals surface area (Å²) >= 11 is 3.42. The lowest BCUT2D eigenvalue weighted by Crippen LogP contribution is -2.29. The molecule has 0 saturated heterocycles. The molecule has 0 aliphatic carbocycles. The van der Waals surface area contributed by atoms with E-state index in [9.17, 15) is 0 Å². The Labute approximate surface area is 101 Å². The monoisotopic (exact) mass is 270 g/mol. The smallest absolute Gasteiger partial charge is 0.128 e. The molecule has 0 bridgehead atoms. The highest BCUT2D eigenvalue weighted by Gasteiger charge is 2.09. The third-order valence-corrected chi connectivity index (χ3v) is 3.34. The quantitative estimate of drug-likeness (QED) is 0.761. The van der Waals surface area contributed by atoms with Crippen LogP contribution < -0.4 is 4.90 Å². The molecule has 2 nitrogen and oxygen atoms in total. The number of halogens is 1. The van der Waals surface area contributed by atoms with Crippen molar-refractivity contribution in [3.8, 4) is 0 Å². The van der Waals surface area contributed by atoms with E-state index in [2.05, 4.69) is 58.8 Å². The predicted octanol–water partition coefficient (Wildman–Crippen LogP) is 3.60. The van der Waals surface area contributed by atoms with Crippen LogP contribution in [-0.4, -0.2) is 18.1 Å². The van der Waals surface area contributed by atoms with Gasteiger partial charge in [-0.15, -0.1) is 0 Å². The average Bonchev–Trinajstić information content (AvgIpc) is 2.28. The van der Waals surface area contributed by atoms with Gasteiger partial charge in [0, 0.05) is 24.6 Å². The van der Waals surface area contributed by atoms with Gasteiger partial charge in [-0.05, 0) is 25.0 Å². The zero-order valence-corrected chi connectivity index (χ0v) is 11.3. The van der Waals surface area contributed by atoms with E-state index in [1.165, 1.54) is 18.4 Å². The van der Waals surface area contributed by atoms with Crippen LogP contribution in [0.15, 0.2) is 18.3 Å². The van der Waals surface area contributed by atoms with Gasteiger partial charge in [0.1, 0.15) is 5.82 Å². The number of hydrogen-bond acceptors (Lipinski definition) is 2. The fourth-order valence-electron chi connectivity index (χ4n) is 1.54. The summed E-state index contributed by atoms with van der Waals surface area (Å²) < 4.78 is 0. The Bertz CT molecular complexity index is 284. The number of pyridine rings is 1. The third kappa shape index (κ3) is 3.49. The van der Waals surface area contributed by atoms with Crippen LogP contribution in [0.4, 0.5) is 5.82 Å². The van der Waals surface area contributed by atoms with Crippen molar-refractivity contribution in [2.24, 2.45) is 0 Å². The number of hydrogen-bond donors (Lipinski definition) is 0. The SMILES string of the molecule is CCCC(C)N(C)c1ccc(CBr)cn1. The highest BCUT2D eigenvalue weighted by atomic mass is 79.9. The van der Waals surface area contributed by atoms with Crippen molar-refractivity contribution in [2.45, 2.75) is 38.1 Å². The summed E-state index contributed by atoms with van der Waals surface area (Å²) in [6, 6.07) is 4.76. The lowest BCUT2D eigenvalue weighted by molar-refractivity contribution is 0.611. The minimum Gasteiger partial charge on any atom is -0.357 e. The molecule has 0 aliphatic heterocycles. The number of alkyl halides is 1. The Hall–Kier alpha value is -0.570. The van der Waals surface area contributed by atoms with Gasteiger partial charge in [-0.2, -0.15) is 0 Å². The lowest BCUT2D eigenvalue weighted by atomic mass is 10.2. The first-order chi connectivity index (χ1) is 7.19. The van der Waals surface area contributed by atoms with Crippen LogP contribution in [0.25, 0.3) is 0 Å². The van der Waals surface area contributed by atoms with Gasteiger partial charge in [0.05, 0.1) is 0 Å². The van der Waals surface area contributed by atoms with E-state index in [0.717, 1.165) is 11.1 Å². The molecular formula is C12H19BrN2. The second-order valence-electron chi connectivity index (χ2n) is 3.91. The first-order valence-corrected chi connectivity index (χ1v) is 6.55. The molecule has 15 heavy (non-hydrogen) atoms. The molecule has 1 aromatic heterocycles. The molecule has 0 radical (unpaired) electrons. The molecule has 3 heteroatoms. The van der Waals surface area contributed by atoms with Crippen LogP contribution in [0.1, 0.15) is 32.3 Å². The van der Waals surface area contributed by atoms with E-state index < -0.39 is 0 Å². The second kappa shape index (κ2) is 6.11. The van der Waals surface area contributed by atoms with Gasteiger partial charge in [-0.3, -0.25) is 0 Å². The Balaban J connectivity index is 2.69. The summed E-state index contributed by atoms with van der Waals surface area (Å²) in [7, 11) is 2.11. The van der Waals surface area contributed by atoms with Crippen molar-refractivity contribution in [3.05, 3.63) is 23.9 Å². The van der Waals surface area contributed by atoms with E-state index in [1.807, 2.05) is 6.20 Å². The van der Waals surface area contributed by atoms with Gasteiger partial charge in [0.15, 0.2) is 0 Å². The minimum atomic E-state index is 0.553. The summed E-state index contributed by atoms with van der Waals surface area (Å²) in [6.07, 6.45) is 4.35. The molecule has 0 amide bonds. The summed E-state index contributed by atoms with van der Waals surface area (Å²) in [5.74, 6) is 1.06. The van der Waals surface area contributed by atoms with Crippen molar-refractivity contribution in [1.82, 2.24) is 4.98 Å². The Morgan fingerprint density at radius 1 is 1.47 bits per heavy atom. The Morgan fingerprint density at radius 2 is 2.20 bits per heavy atom. The number of anilines is 1. The van der Waals surface area contributed by atoms with E-state index in [1.54, 1.807) is 0 Å². The average molecular weight is 271 g/mol. The molecule has 1 rings (SSSR count). The Morgan fingerprint density at radius 3 is 2.67 bits per heavy atom. The van der Waals surface area contributed by atoms with Crippen molar-refractivity contribution < 1.29 is 0 Å². The molecule has 0 saturated carbocycles. The minimum absolute atomic E-state index is 0.553. The van der Waals surface area contributed by atoms with Gasteiger partial charge in [0.25, 0.3) is 0 Å². The maximum Gasteiger partial charge on any atom is 0.128 e. The van der Waals surface area contributed by atoms with Crippen molar-refractivity contribution in [3.63, 3.8) is 0 Å². The molecule has 0 aliphatic rings. The molecule has 1 atom stereocenters. The lowest BCUT2D eigenvalue weighted by Gasteiger charge is -2.25. The van der Waals surface area contributed by atoms with Crippen LogP contribution in [0.3, 0.4) is 0 Å². The zero-order valence-electron chi connectivity index (χ0n) is 9.70.